The Kier molecular flexibility index (Phi) is 36.9. The summed E-state index contributed by atoms with van der Waals surface area (Å²) in [7, 11) is -0.835. The molecule has 0 bridgehead atoms. The summed E-state index contributed by atoms with van der Waals surface area (Å²) < 4.78 is 13.7. The molecule has 0 aliphatic heterocycles. The van der Waals surface area contributed by atoms with E-state index in [0.717, 1.165) is 0 Å². The van der Waals surface area contributed by atoms with E-state index in [9.17, 15) is 4.20 Å². The summed E-state index contributed by atoms with van der Waals surface area (Å²) in [5.74, 6) is 1.96. The van der Waals surface area contributed by atoms with Gasteiger partial charge in [-0.05, 0) is 0 Å². The molecule has 0 rings (SSSR count). The van der Waals surface area contributed by atoms with E-state index >= 15 is 0 Å². The van der Waals surface area contributed by atoms with E-state index in [0.29, 0.717) is 0 Å². The minimum absolute atomic E-state index is 0. The first-order valence-electron chi connectivity index (χ1n) is 0.863. The van der Waals surface area contributed by atoms with Crippen LogP contribution in [0.4, 0.5) is 4.20 Å². The Hall–Kier alpha value is 2.60. The number of halogens is 1. The molecule has 0 aliphatic rings. The van der Waals surface area contributed by atoms with Gasteiger partial charge in [-0.15, -0.1) is 0 Å². The summed E-state index contributed by atoms with van der Waals surface area (Å²) in [6.07, 6.45) is 0. The van der Waals surface area contributed by atoms with Crippen LogP contribution < -0.4 is 51.4 Å². The second-order valence-corrected chi connectivity index (χ2v) is 0.919. The molecule has 0 aromatic carbocycles. The zero-order valence-electron chi connectivity index (χ0n) is 3.72. The fraction of sp³-hybridized carbons (Fsp3) is 0. The molecule has 0 aromatic rings. The Morgan fingerprint density at radius 3 is 2.14 bits per heavy atom. The van der Waals surface area contributed by atoms with Gasteiger partial charge in [0.15, 0.2) is 0 Å². The summed E-state index contributed by atoms with van der Waals surface area (Å²) >= 11 is 3.28. The van der Waals surface area contributed by atoms with Crippen LogP contribution in [0.1, 0.15) is 0 Å². The number of rotatable bonds is 1. The summed E-state index contributed by atoms with van der Waals surface area (Å²) in [5.41, 5.74) is 0. The molecule has 0 saturated heterocycles. The number of hydrogen-bond acceptors (Lipinski definition) is 2. The molecule has 1 radical (unpaired) electrons. The maximum Gasteiger partial charge on any atom is 1.00 e. The third-order valence-electron chi connectivity index (χ3n) is 0.0923. The summed E-state index contributed by atoms with van der Waals surface area (Å²) in [6.45, 7) is 0. The summed E-state index contributed by atoms with van der Waals surface area (Å²) in [6, 6.07) is 0. The number of hydrogen-bond donors (Lipinski definition) is 1. The van der Waals surface area contributed by atoms with Crippen LogP contribution in [-0.2, 0) is 18.6 Å². The van der Waals surface area contributed by atoms with Crippen molar-refractivity contribution in [1.82, 2.24) is 0 Å². The van der Waals surface area contributed by atoms with E-state index in [2.05, 4.69) is 17.2 Å². The van der Waals surface area contributed by atoms with Gasteiger partial charge in [0.2, 0.25) is 0 Å². The second-order valence-electron chi connectivity index (χ2n) is 0.306. The Labute approximate surface area is 104 Å². The van der Waals surface area contributed by atoms with Gasteiger partial charge < -0.3 is 10.4 Å². The molecular weight excluding hydrogens is 198 g/mol. The average molecular weight is 200 g/mol. The average Bonchev–Trinajstić information content (AvgIpc) is 1.41. The molecule has 0 fully saturated rings. The minimum atomic E-state index is -0.835. The third kappa shape index (κ3) is 17.7. The van der Waals surface area contributed by atoms with Crippen molar-refractivity contribution in [3.63, 3.8) is 0 Å². The van der Waals surface area contributed by atoms with Crippen molar-refractivity contribution >= 4 is 27.7 Å². The predicted octanol–water partition coefficient (Wildman–Crippen LogP) is -1.70. The molecular formula is CH2FKNPSV. The van der Waals surface area contributed by atoms with Gasteiger partial charge in [-0.2, -0.15) is 0 Å². The van der Waals surface area contributed by atoms with Crippen LogP contribution in [0.15, 0.2) is 4.40 Å². The third-order valence-corrected chi connectivity index (χ3v) is 0.577. The van der Waals surface area contributed by atoms with Crippen molar-refractivity contribution in [3.8, 4) is 0 Å². The quantitative estimate of drug-likeness (QED) is 0.170. The molecule has 0 saturated carbocycles. The topological polar surface area (TPSA) is 12.4 Å². The van der Waals surface area contributed by atoms with Crippen LogP contribution >= 0.6 is 21.7 Å². The molecule has 0 heterocycles. The van der Waals surface area contributed by atoms with Gasteiger partial charge in [-0.25, -0.2) is 0 Å². The fourth-order valence-corrected chi connectivity index (χ4v) is 0.170. The largest absolute Gasteiger partial charge is 1.00 e. The first kappa shape index (κ1) is 16.3. The first-order valence-corrected chi connectivity index (χ1v) is 2.14. The fourth-order valence-electron chi connectivity index (χ4n) is 0.0189. The first-order chi connectivity index (χ1) is 2.41. The van der Waals surface area contributed by atoms with E-state index in [1.807, 2.05) is 5.96 Å². The molecule has 0 N–H and O–H groups in total. The molecule has 7 heavy (non-hydrogen) atoms. The number of thiol groups is 1. The van der Waals surface area contributed by atoms with Crippen LogP contribution in [-0.4, -0.2) is 5.96 Å². The van der Waals surface area contributed by atoms with Gasteiger partial charge in [0.1, 0.15) is 0 Å². The van der Waals surface area contributed by atoms with Gasteiger partial charge >= 0.3 is 51.4 Å². The van der Waals surface area contributed by atoms with Crippen molar-refractivity contribution in [3.05, 3.63) is 0 Å². The van der Waals surface area contributed by atoms with Crippen LogP contribution in [0.2, 0.25) is 0 Å². The van der Waals surface area contributed by atoms with Gasteiger partial charge in [0.25, 0.3) is 0 Å². The van der Waals surface area contributed by atoms with Crippen LogP contribution in [0.25, 0.3) is 0 Å². The molecule has 0 spiro atoms. The van der Waals surface area contributed by atoms with Crippen LogP contribution in [0.3, 0.4) is 0 Å². The zero-order valence-corrected chi connectivity index (χ0v) is 10.1. The molecule has 1 nitrogen and oxygen atoms in total. The van der Waals surface area contributed by atoms with Gasteiger partial charge in [-0.3, -0.25) is 4.20 Å². The molecule has 0 aromatic heterocycles. The van der Waals surface area contributed by atoms with Crippen molar-refractivity contribution < 1.29 is 74.1 Å². The van der Waals surface area contributed by atoms with E-state index in [1.54, 1.807) is 0 Å². The van der Waals surface area contributed by atoms with E-state index < -0.39 is 8.89 Å². The van der Waals surface area contributed by atoms with Crippen LogP contribution in [0.5, 0.6) is 0 Å². The standard InChI is InChI=1S/CH2FNPS.K.V/c2-4-1-3-5;;/h4-5H;;/q-1;+1;. The normalized spacial score (nSPS) is 8.86. The van der Waals surface area contributed by atoms with Gasteiger partial charge in [-0.1, -0.05) is 21.7 Å². The van der Waals surface area contributed by atoms with Crippen LogP contribution in [0, 0.1) is 0 Å². The van der Waals surface area contributed by atoms with E-state index in [-0.39, 0.29) is 69.9 Å². The summed E-state index contributed by atoms with van der Waals surface area (Å²) in [5, 5.41) is 0. The summed E-state index contributed by atoms with van der Waals surface area (Å²) in [4.78, 5) is 0. The SMILES string of the molecule is FP[C-]=NS.[K+].[V]. The number of nitrogens with zero attached hydrogens (tertiary/aromatic N) is 1. The second kappa shape index (κ2) is 15.8. The maximum atomic E-state index is 10.8. The Morgan fingerprint density at radius 1 is 1.71 bits per heavy atom. The molecule has 6 heteroatoms. The maximum absolute atomic E-state index is 10.8. The predicted molar refractivity (Wildman–Crippen MR) is 25.8 cm³/mol. The molecule has 35 valence electrons. The van der Waals surface area contributed by atoms with Gasteiger partial charge in [0.05, 0.1) is 0 Å². The van der Waals surface area contributed by atoms with Crippen molar-refractivity contribution in [2.75, 3.05) is 0 Å². The molecule has 0 amide bonds. The molecule has 1 atom stereocenters. The van der Waals surface area contributed by atoms with E-state index in [4.69, 9.17) is 0 Å². The Balaban J connectivity index is -0.0000000800. The molecule has 0 aliphatic carbocycles. The monoisotopic (exact) mass is 200 g/mol. The van der Waals surface area contributed by atoms with Crippen molar-refractivity contribution in [1.29, 1.82) is 0 Å². The van der Waals surface area contributed by atoms with E-state index in [1.165, 1.54) is 0 Å². The minimum Gasteiger partial charge on any atom is -0.435 e. The van der Waals surface area contributed by atoms with Crippen molar-refractivity contribution in [2.45, 2.75) is 0 Å². The Bertz CT molecular complexity index is 46.7. The smallest absolute Gasteiger partial charge is 0.435 e. The Morgan fingerprint density at radius 2 is 2.14 bits per heavy atom. The molecule has 1 unspecified atom stereocenters. The zero-order chi connectivity index (χ0) is 4.12. The van der Waals surface area contributed by atoms with Crippen molar-refractivity contribution in [2.24, 2.45) is 4.40 Å². The van der Waals surface area contributed by atoms with Gasteiger partial charge in [0, 0.05) is 18.6 Å².